The summed E-state index contributed by atoms with van der Waals surface area (Å²) in [5.41, 5.74) is 0. The van der Waals surface area contributed by atoms with Crippen LogP contribution in [0.2, 0.25) is 0 Å². The topological polar surface area (TPSA) is 12.5 Å². The van der Waals surface area contributed by atoms with Crippen LogP contribution >= 0.6 is 11.6 Å². The molecule has 0 aromatic carbocycles. The Bertz CT molecular complexity index is 175. The summed E-state index contributed by atoms with van der Waals surface area (Å²) in [5.74, 6) is 0.786. The normalized spacial score (nSPS) is 34.1. The molecule has 2 fully saturated rings. The Morgan fingerprint density at radius 2 is 2.21 bits per heavy atom. The second kappa shape index (κ2) is 5.34. The third-order valence-electron chi connectivity index (χ3n) is 3.39. The monoisotopic (exact) mass is 217 g/mol. The van der Waals surface area contributed by atoms with Gasteiger partial charge < -0.3 is 4.74 Å². The first-order chi connectivity index (χ1) is 6.92. The zero-order chi connectivity index (χ0) is 9.80. The predicted molar refractivity (Wildman–Crippen MR) is 58.9 cm³/mol. The van der Waals surface area contributed by atoms with Crippen LogP contribution in [0.1, 0.15) is 32.1 Å². The number of rotatable bonds is 3. The zero-order valence-corrected chi connectivity index (χ0v) is 9.51. The van der Waals surface area contributed by atoms with Gasteiger partial charge in [-0.2, -0.15) is 0 Å². The van der Waals surface area contributed by atoms with Crippen LogP contribution in [0.15, 0.2) is 0 Å². The lowest BCUT2D eigenvalue weighted by Gasteiger charge is -2.43. The number of likely N-dealkylation sites (tertiary alicyclic amines) is 1. The molecule has 0 N–H and O–H groups in total. The van der Waals surface area contributed by atoms with Crippen molar-refractivity contribution in [3.05, 3.63) is 0 Å². The van der Waals surface area contributed by atoms with E-state index in [9.17, 15) is 0 Å². The molecular weight excluding hydrogens is 198 g/mol. The highest BCUT2D eigenvalue weighted by atomic mass is 35.5. The summed E-state index contributed by atoms with van der Waals surface area (Å²) in [6.07, 6.45) is 6.76. The highest BCUT2D eigenvalue weighted by Gasteiger charge is 2.33. The number of piperidine rings is 1. The maximum Gasteiger partial charge on any atom is 0.0730 e. The van der Waals surface area contributed by atoms with Gasteiger partial charge in [0, 0.05) is 18.5 Å². The first-order valence-electron chi connectivity index (χ1n) is 5.83. The summed E-state index contributed by atoms with van der Waals surface area (Å²) in [5, 5.41) is 0. The van der Waals surface area contributed by atoms with Crippen LogP contribution in [0, 0.1) is 0 Å². The first kappa shape index (κ1) is 10.7. The van der Waals surface area contributed by atoms with Crippen molar-refractivity contribution in [1.82, 2.24) is 4.90 Å². The standard InChI is InChI=1S/C11H20ClNO/c12-6-3-8-13-7-1-5-11-10(13)4-2-9-14-11/h10-11H,1-9H2. The summed E-state index contributed by atoms with van der Waals surface area (Å²) in [6.45, 7) is 3.39. The maximum absolute atomic E-state index is 5.82. The van der Waals surface area contributed by atoms with Crippen molar-refractivity contribution in [2.24, 2.45) is 0 Å². The Morgan fingerprint density at radius 3 is 3.07 bits per heavy atom. The summed E-state index contributed by atoms with van der Waals surface area (Å²) in [6, 6.07) is 0.695. The molecule has 14 heavy (non-hydrogen) atoms. The second-order valence-corrected chi connectivity index (χ2v) is 4.72. The largest absolute Gasteiger partial charge is 0.377 e. The molecule has 2 rings (SSSR count). The molecule has 82 valence electrons. The molecule has 0 spiro atoms. The van der Waals surface area contributed by atoms with Gasteiger partial charge in [-0.05, 0) is 45.2 Å². The van der Waals surface area contributed by atoms with Crippen LogP contribution < -0.4 is 0 Å². The van der Waals surface area contributed by atoms with Gasteiger partial charge in [-0.25, -0.2) is 0 Å². The predicted octanol–water partition coefficient (Wildman–Crippen LogP) is 2.26. The van der Waals surface area contributed by atoms with Gasteiger partial charge in [-0.3, -0.25) is 4.90 Å². The molecule has 0 aromatic heterocycles. The zero-order valence-electron chi connectivity index (χ0n) is 8.75. The van der Waals surface area contributed by atoms with Crippen LogP contribution in [0.5, 0.6) is 0 Å². The number of alkyl halides is 1. The summed E-state index contributed by atoms with van der Waals surface area (Å²) < 4.78 is 5.82. The van der Waals surface area contributed by atoms with Gasteiger partial charge in [-0.1, -0.05) is 0 Å². The number of ether oxygens (including phenoxy) is 1. The molecule has 0 bridgehead atoms. The third-order valence-corrected chi connectivity index (χ3v) is 3.65. The fourth-order valence-corrected chi connectivity index (χ4v) is 2.84. The molecule has 2 heterocycles. The molecule has 3 heteroatoms. The van der Waals surface area contributed by atoms with E-state index < -0.39 is 0 Å². The van der Waals surface area contributed by atoms with E-state index in [4.69, 9.17) is 16.3 Å². The smallest absolute Gasteiger partial charge is 0.0730 e. The number of hydrogen-bond donors (Lipinski definition) is 0. The van der Waals surface area contributed by atoms with Gasteiger partial charge in [-0.15, -0.1) is 11.6 Å². The molecule has 2 unspecified atom stereocenters. The number of nitrogens with zero attached hydrogens (tertiary/aromatic N) is 1. The van der Waals surface area contributed by atoms with E-state index in [1.54, 1.807) is 0 Å². The van der Waals surface area contributed by atoms with Crippen LogP contribution in [0.3, 0.4) is 0 Å². The van der Waals surface area contributed by atoms with E-state index >= 15 is 0 Å². The molecule has 2 saturated heterocycles. The SMILES string of the molecule is ClCCCN1CCCC2OCCCC21. The quantitative estimate of drug-likeness (QED) is 0.673. The van der Waals surface area contributed by atoms with Crippen LogP contribution in [0.25, 0.3) is 0 Å². The Morgan fingerprint density at radius 1 is 1.29 bits per heavy atom. The number of halogens is 1. The highest BCUT2D eigenvalue weighted by Crippen LogP contribution is 2.27. The average molecular weight is 218 g/mol. The van der Waals surface area contributed by atoms with E-state index in [1.165, 1.54) is 32.2 Å². The van der Waals surface area contributed by atoms with Crippen molar-refractivity contribution in [1.29, 1.82) is 0 Å². The van der Waals surface area contributed by atoms with Crippen LogP contribution in [-0.4, -0.2) is 42.6 Å². The van der Waals surface area contributed by atoms with Crippen LogP contribution in [0.4, 0.5) is 0 Å². The molecule has 2 nitrogen and oxygen atoms in total. The molecule has 0 radical (unpaired) electrons. The Kier molecular flexibility index (Phi) is 4.09. The van der Waals surface area contributed by atoms with E-state index in [2.05, 4.69) is 4.90 Å². The van der Waals surface area contributed by atoms with Crippen molar-refractivity contribution in [3.63, 3.8) is 0 Å². The Hall–Kier alpha value is 0.210. The van der Waals surface area contributed by atoms with Gasteiger partial charge in [0.05, 0.1) is 6.10 Å². The van der Waals surface area contributed by atoms with Gasteiger partial charge in [0.2, 0.25) is 0 Å². The Balaban J connectivity index is 1.88. The van der Waals surface area contributed by atoms with Crippen molar-refractivity contribution in [3.8, 4) is 0 Å². The van der Waals surface area contributed by atoms with Gasteiger partial charge in [0.15, 0.2) is 0 Å². The van der Waals surface area contributed by atoms with E-state index in [-0.39, 0.29) is 0 Å². The third kappa shape index (κ3) is 2.41. The van der Waals surface area contributed by atoms with E-state index in [0.717, 1.165) is 25.5 Å². The first-order valence-corrected chi connectivity index (χ1v) is 6.37. The van der Waals surface area contributed by atoms with Crippen molar-refractivity contribution in [2.75, 3.05) is 25.6 Å². The van der Waals surface area contributed by atoms with Crippen molar-refractivity contribution < 1.29 is 4.74 Å². The van der Waals surface area contributed by atoms with E-state index in [0.29, 0.717) is 12.1 Å². The fraction of sp³-hybridized carbons (Fsp3) is 1.00. The number of fused-ring (bicyclic) bond motifs is 1. The minimum atomic E-state index is 0.521. The van der Waals surface area contributed by atoms with Crippen LogP contribution in [-0.2, 0) is 4.74 Å². The van der Waals surface area contributed by atoms with Crippen molar-refractivity contribution >= 4 is 11.6 Å². The van der Waals surface area contributed by atoms with Gasteiger partial charge in [0.1, 0.15) is 0 Å². The molecule has 2 atom stereocenters. The molecule has 0 amide bonds. The Labute approximate surface area is 91.6 Å². The van der Waals surface area contributed by atoms with Crippen molar-refractivity contribution in [2.45, 2.75) is 44.2 Å². The minimum absolute atomic E-state index is 0.521. The molecule has 0 saturated carbocycles. The molecular formula is C11H20ClNO. The van der Waals surface area contributed by atoms with Gasteiger partial charge >= 0.3 is 0 Å². The maximum atomic E-state index is 5.82. The molecule has 2 aliphatic heterocycles. The summed E-state index contributed by atoms with van der Waals surface area (Å²) in [4.78, 5) is 2.59. The molecule has 0 aliphatic carbocycles. The summed E-state index contributed by atoms with van der Waals surface area (Å²) >= 11 is 5.74. The fourth-order valence-electron chi connectivity index (χ4n) is 2.72. The van der Waals surface area contributed by atoms with E-state index in [1.807, 2.05) is 0 Å². The average Bonchev–Trinajstić information content (AvgIpc) is 2.26. The lowest BCUT2D eigenvalue weighted by atomic mass is 9.93. The highest BCUT2D eigenvalue weighted by molar-refractivity contribution is 6.17. The summed E-state index contributed by atoms with van der Waals surface area (Å²) in [7, 11) is 0. The van der Waals surface area contributed by atoms with Gasteiger partial charge in [0.25, 0.3) is 0 Å². The second-order valence-electron chi connectivity index (χ2n) is 4.34. The molecule has 0 aromatic rings. The number of hydrogen-bond acceptors (Lipinski definition) is 2. The minimum Gasteiger partial charge on any atom is -0.377 e. The lowest BCUT2D eigenvalue weighted by Crippen LogP contribution is -2.51. The lowest BCUT2D eigenvalue weighted by molar-refractivity contribution is -0.0749. The molecule has 2 aliphatic rings.